The molecule has 2 aromatic carbocycles. The number of ether oxygens (including phenoxy) is 1. The highest BCUT2D eigenvalue weighted by molar-refractivity contribution is 5.96. The van der Waals surface area contributed by atoms with Crippen LogP contribution in [0, 0.1) is 10.1 Å². The summed E-state index contributed by atoms with van der Waals surface area (Å²) in [5.74, 6) is -0.649. The lowest BCUT2D eigenvalue weighted by atomic mass is 9.83. The molecule has 1 amide bonds. The highest BCUT2D eigenvalue weighted by atomic mass is 16.6. The molecular weight excluding hydrogens is 518 g/mol. The molecular formula is C28H35N5O7. The van der Waals surface area contributed by atoms with E-state index in [-0.39, 0.29) is 45.7 Å². The predicted molar refractivity (Wildman–Crippen MR) is 148 cm³/mol. The number of nitrogens with one attached hydrogen (secondary N) is 1. The zero-order valence-electron chi connectivity index (χ0n) is 23.1. The normalized spacial score (nSPS) is 14.7. The molecule has 0 bridgehead atoms. The number of aromatic nitrogens is 1. The summed E-state index contributed by atoms with van der Waals surface area (Å²) in [6.07, 6.45) is 0.789. The lowest BCUT2D eigenvalue weighted by Crippen LogP contribution is -2.45. The quantitative estimate of drug-likeness (QED) is 0.200. The largest absolute Gasteiger partial charge is 0.508 e. The fraction of sp³-hybridized carbons (Fsp3) is 0.429. The van der Waals surface area contributed by atoms with E-state index < -0.39 is 16.2 Å². The average Bonchev–Trinajstić information content (AvgIpc) is 3.33. The van der Waals surface area contributed by atoms with E-state index in [2.05, 4.69) is 27.3 Å². The molecule has 40 heavy (non-hydrogen) atoms. The van der Waals surface area contributed by atoms with Crippen LogP contribution in [0.1, 0.15) is 43.2 Å². The van der Waals surface area contributed by atoms with Gasteiger partial charge < -0.3 is 34.6 Å². The van der Waals surface area contributed by atoms with Crippen molar-refractivity contribution >= 4 is 11.6 Å². The van der Waals surface area contributed by atoms with Gasteiger partial charge in [0.1, 0.15) is 28.6 Å². The van der Waals surface area contributed by atoms with E-state index in [1.54, 1.807) is 0 Å². The van der Waals surface area contributed by atoms with Gasteiger partial charge >= 0.3 is 0 Å². The lowest BCUT2D eigenvalue weighted by Gasteiger charge is -2.32. The van der Waals surface area contributed by atoms with E-state index in [9.17, 15) is 25.1 Å². The first-order valence-electron chi connectivity index (χ1n) is 13.1. The summed E-state index contributed by atoms with van der Waals surface area (Å²) in [7, 11) is 2.11. The third-order valence-electron chi connectivity index (χ3n) is 6.76. The Labute approximate surface area is 232 Å². The zero-order valence-corrected chi connectivity index (χ0v) is 23.1. The molecule has 4 rings (SSSR count). The predicted octanol–water partition coefficient (Wildman–Crippen LogP) is 4.12. The topological polar surface area (TPSA) is 154 Å². The number of carbonyl (C=O) groups is 1. The van der Waals surface area contributed by atoms with Crippen LogP contribution in [0.25, 0.3) is 11.3 Å². The SMILES string of the molecule is CN1CCN(CCCNC(=O)c2noc(-c3c(O)cc(O)cc3Oc3ccc([N+](=O)[O-])cc3)c2C(C)(C)C)CC1. The maximum Gasteiger partial charge on any atom is 0.273 e. The zero-order chi connectivity index (χ0) is 29.0. The Morgan fingerprint density at radius 2 is 1.82 bits per heavy atom. The van der Waals surface area contributed by atoms with Crippen LogP contribution in [0.15, 0.2) is 40.9 Å². The van der Waals surface area contributed by atoms with Crippen molar-refractivity contribution in [3.05, 3.63) is 57.8 Å². The molecule has 0 saturated carbocycles. The van der Waals surface area contributed by atoms with Gasteiger partial charge in [0, 0.05) is 62.6 Å². The third kappa shape index (κ3) is 6.69. The van der Waals surface area contributed by atoms with E-state index in [0.29, 0.717) is 12.1 Å². The monoisotopic (exact) mass is 553 g/mol. The first-order chi connectivity index (χ1) is 18.9. The highest BCUT2D eigenvalue weighted by Gasteiger charge is 2.34. The molecule has 1 aromatic heterocycles. The van der Waals surface area contributed by atoms with Crippen molar-refractivity contribution in [3.8, 4) is 34.3 Å². The van der Waals surface area contributed by atoms with Crippen molar-refractivity contribution < 1.29 is 29.2 Å². The van der Waals surface area contributed by atoms with Crippen LogP contribution in [0.2, 0.25) is 0 Å². The van der Waals surface area contributed by atoms with Crippen molar-refractivity contribution in [1.82, 2.24) is 20.3 Å². The van der Waals surface area contributed by atoms with Crippen molar-refractivity contribution in [2.75, 3.05) is 46.3 Å². The molecule has 214 valence electrons. The second-order valence-corrected chi connectivity index (χ2v) is 10.9. The number of non-ortho nitro benzene ring substituents is 1. The van der Waals surface area contributed by atoms with Gasteiger partial charge in [-0.1, -0.05) is 25.9 Å². The molecule has 3 aromatic rings. The molecule has 12 heteroatoms. The second kappa shape index (κ2) is 11.9. The number of nitrogens with zero attached hydrogens (tertiary/aromatic N) is 4. The van der Waals surface area contributed by atoms with Gasteiger partial charge in [-0.3, -0.25) is 14.9 Å². The summed E-state index contributed by atoms with van der Waals surface area (Å²) in [5, 5.41) is 39.0. The first kappa shape index (κ1) is 28.8. The minimum atomic E-state index is -0.628. The van der Waals surface area contributed by atoms with Crippen LogP contribution in [-0.2, 0) is 5.41 Å². The van der Waals surface area contributed by atoms with Crippen LogP contribution in [0.4, 0.5) is 5.69 Å². The number of piperazine rings is 1. The van der Waals surface area contributed by atoms with Crippen molar-refractivity contribution in [1.29, 1.82) is 0 Å². The molecule has 0 atom stereocenters. The summed E-state index contributed by atoms with van der Waals surface area (Å²) < 4.78 is 11.6. The maximum atomic E-state index is 13.2. The fourth-order valence-electron chi connectivity index (χ4n) is 4.63. The summed E-state index contributed by atoms with van der Waals surface area (Å²) in [4.78, 5) is 28.3. The van der Waals surface area contributed by atoms with Crippen molar-refractivity contribution in [2.24, 2.45) is 0 Å². The summed E-state index contributed by atoms with van der Waals surface area (Å²) >= 11 is 0. The van der Waals surface area contributed by atoms with Gasteiger partial charge in [0.25, 0.3) is 11.6 Å². The standard InChI is InChI=1S/C28H35N5O7/c1-28(2,3)24-25(27(36)29-10-5-11-32-14-12-31(4)13-15-32)30-40-26(24)23-21(35)16-19(34)17-22(23)39-20-8-6-18(7-9-20)33(37)38/h6-9,16-17,34-35H,5,10-15H2,1-4H3,(H,29,36). The van der Waals surface area contributed by atoms with E-state index >= 15 is 0 Å². The molecule has 1 fully saturated rings. The van der Waals surface area contributed by atoms with Crippen LogP contribution >= 0.6 is 0 Å². The highest BCUT2D eigenvalue weighted by Crippen LogP contribution is 2.47. The van der Waals surface area contributed by atoms with Gasteiger partial charge in [0.15, 0.2) is 11.5 Å². The Kier molecular flexibility index (Phi) is 8.60. The molecule has 0 radical (unpaired) electrons. The average molecular weight is 554 g/mol. The number of benzene rings is 2. The second-order valence-electron chi connectivity index (χ2n) is 10.9. The third-order valence-corrected chi connectivity index (χ3v) is 6.76. The lowest BCUT2D eigenvalue weighted by molar-refractivity contribution is -0.384. The molecule has 0 unspecified atom stereocenters. The number of phenols is 2. The minimum absolute atomic E-state index is 0.0205. The molecule has 1 aliphatic rings. The first-order valence-corrected chi connectivity index (χ1v) is 13.1. The Bertz CT molecular complexity index is 1360. The molecule has 12 nitrogen and oxygen atoms in total. The van der Waals surface area contributed by atoms with Crippen LogP contribution in [0.5, 0.6) is 23.0 Å². The Morgan fingerprint density at radius 3 is 2.45 bits per heavy atom. The van der Waals surface area contributed by atoms with Crippen molar-refractivity contribution in [3.63, 3.8) is 0 Å². The number of likely N-dealkylation sites (N-methyl/N-ethyl adjacent to an activating group) is 1. The van der Waals surface area contributed by atoms with Crippen LogP contribution in [-0.4, -0.2) is 82.3 Å². The van der Waals surface area contributed by atoms with E-state index in [4.69, 9.17) is 9.26 Å². The number of phenolic OH excluding ortho intramolecular Hbond substituents is 2. The van der Waals surface area contributed by atoms with E-state index in [1.165, 1.54) is 30.3 Å². The Morgan fingerprint density at radius 1 is 1.15 bits per heavy atom. The molecule has 0 spiro atoms. The van der Waals surface area contributed by atoms with Gasteiger partial charge in [-0.2, -0.15) is 0 Å². The summed E-state index contributed by atoms with van der Waals surface area (Å²) in [6.45, 7) is 11.1. The molecule has 1 saturated heterocycles. The maximum absolute atomic E-state index is 13.2. The number of aromatic hydroxyl groups is 2. The van der Waals surface area contributed by atoms with Crippen LogP contribution in [0.3, 0.4) is 0 Å². The van der Waals surface area contributed by atoms with Gasteiger partial charge in [-0.15, -0.1) is 0 Å². The molecule has 2 heterocycles. The smallest absolute Gasteiger partial charge is 0.273 e. The number of nitro benzene ring substituents is 1. The van der Waals surface area contributed by atoms with Gasteiger partial charge in [0.05, 0.1) is 4.92 Å². The number of hydrogen-bond donors (Lipinski definition) is 3. The number of nitro groups is 1. The Hall–Kier alpha value is -4.16. The Balaban J connectivity index is 1.58. The minimum Gasteiger partial charge on any atom is -0.508 e. The van der Waals surface area contributed by atoms with E-state index in [0.717, 1.165) is 45.2 Å². The number of rotatable bonds is 9. The molecule has 3 N–H and O–H groups in total. The van der Waals surface area contributed by atoms with Crippen molar-refractivity contribution in [2.45, 2.75) is 32.6 Å². The number of carbonyl (C=O) groups excluding carboxylic acids is 1. The summed E-state index contributed by atoms with van der Waals surface area (Å²) in [6, 6.07) is 7.76. The fourth-order valence-corrected chi connectivity index (χ4v) is 4.63. The number of amides is 1. The summed E-state index contributed by atoms with van der Waals surface area (Å²) in [5.41, 5.74) is -0.107. The van der Waals surface area contributed by atoms with Gasteiger partial charge in [-0.25, -0.2) is 0 Å². The number of hydrogen-bond acceptors (Lipinski definition) is 10. The molecule has 0 aliphatic carbocycles. The van der Waals surface area contributed by atoms with Gasteiger partial charge in [0.2, 0.25) is 0 Å². The van der Waals surface area contributed by atoms with Crippen LogP contribution < -0.4 is 10.1 Å². The van der Waals surface area contributed by atoms with E-state index in [1.807, 2.05) is 20.8 Å². The van der Waals surface area contributed by atoms with Gasteiger partial charge in [-0.05, 0) is 37.6 Å². The molecule has 1 aliphatic heterocycles.